The van der Waals surface area contributed by atoms with E-state index in [1.165, 1.54) is 11.1 Å². The Morgan fingerprint density at radius 3 is 2.83 bits per heavy atom. The fourth-order valence-corrected chi connectivity index (χ4v) is 4.52. The van der Waals surface area contributed by atoms with Gasteiger partial charge < -0.3 is 14.7 Å². The predicted molar refractivity (Wildman–Crippen MR) is 87.6 cm³/mol. The molecule has 24 heavy (non-hydrogen) atoms. The number of rotatable bonds is 3. The number of carbonyl (C=O) groups excluding carboxylic acids is 1. The largest absolute Gasteiger partial charge is 0.481 e. The topological polar surface area (TPSA) is 66.8 Å². The number of aliphatic carboxylic acids is 1. The number of likely N-dealkylation sites (tertiary alicyclic amines) is 1. The van der Waals surface area contributed by atoms with E-state index in [9.17, 15) is 14.7 Å². The third-order valence-corrected chi connectivity index (χ3v) is 6.14. The lowest BCUT2D eigenvalue weighted by molar-refractivity contribution is -0.157. The van der Waals surface area contributed by atoms with Crippen LogP contribution in [-0.2, 0) is 14.3 Å². The second kappa shape index (κ2) is 5.59. The van der Waals surface area contributed by atoms with Gasteiger partial charge in [-0.05, 0) is 36.8 Å². The molecular weight excluding hydrogens is 306 g/mol. The maximum Gasteiger partial charge on any atom is 0.311 e. The molecule has 1 aromatic carbocycles. The highest BCUT2D eigenvalue weighted by atomic mass is 16.5. The molecule has 3 fully saturated rings. The number of ether oxygens (including phenoxy) is 1. The van der Waals surface area contributed by atoms with Crippen LogP contribution in [0.25, 0.3) is 0 Å². The molecule has 0 aromatic heterocycles. The smallest absolute Gasteiger partial charge is 0.311 e. The van der Waals surface area contributed by atoms with E-state index in [0.29, 0.717) is 38.6 Å². The van der Waals surface area contributed by atoms with Gasteiger partial charge in [0.25, 0.3) is 0 Å². The zero-order valence-electron chi connectivity index (χ0n) is 13.9. The van der Waals surface area contributed by atoms with Crippen molar-refractivity contribution in [1.29, 1.82) is 0 Å². The van der Waals surface area contributed by atoms with Crippen LogP contribution in [0.15, 0.2) is 24.3 Å². The summed E-state index contributed by atoms with van der Waals surface area (Å²) < 4.78 is 5.47. The van der Waals surface area contributed by atoms with Gasteiger partial charge >= 0.3 is 5.97 Å². The molecule has 0 bridgehead atoms. The molecule has 2 unspecified atom stereocenters. The van der Waals surface area contributed by atoms with Crippen molar-refractivity contribution in [2.24, 2.45) is 17.3 Å². The maximum absolute atomic E-state index is 12.9. The van der Waals surface area contributed by atoms with Crippen molar-refractivity contribution in [2.45, 2.75) is 25.7 Å². The molecule has 2 heterocycles. The summed E-state index contributed by atoms with van der Waals surface area (Å²) in [6.07, 6.45) is 1.38. The van der Waals surface area contributed by atoms with Gasteiger partial charge in [-0.15, -0.1) is 0 Å². The average Bonchev–Trinajstić information content (AvgIpc) is 3.25. The highest BCUT2D eigenvalue weighted by molar-refractivity contribution is 5.85. The Balaban J connectivity index is 1.49. The van der Waals surface area contributed by atoms with E-state index in [1.54, 1.807) is 4.90 Å². The highest BCUT2D eigenvalue weighted by Crippen LogP contribution is 2.51. The number of carboxylic acid groups (broad SMARTS) is 1. The Morgan fingerprint density at radius 2 is 2.12 bits per heavy atom. The van der Waals surface area contributed by atoms with Crippen LogP contribution in [0.4, 0.5) is 0 Å². The second-order valence-corrected chi connectivity index (χ2v) is 7.51. The number of hydrogen-bond acceptors (Lipinski definition) is 3. The van der Waals surface area contributed by atoms with Crippen molar-refractivity contribution in [2.75, 3.05) is 26.3 Å². The Hall–Kier alpha value is -1.88. The third-order valence-electron chi connectivity index (χ3n) is 6.14. The Morgan fingerprint density at radius 1 is 1.33 bits per heavy atom. The lowest BCUT2D eigenvalue weighted by Crippen LogP contribution is -2.45. The van der Waals surface area contributed by atoms with Crippen LogP contribution in [0.3, 0.4) is 0 Å². The van der Waals surface area contributed by atoms with E-state index >= 15 is 0 Å². The van der Waals surface area contributed by atoms with Crippen molar-refractivity contribution in [3.05, 3.63) is 35.4 Å². The number of aryl methyl sites for hydroxylation is 1. The molecule has 4 atom stereocenters. The summed E-state index contributed by atoms with van der Waals surface area (Å²) >= 11 is 0. The van der Waals surface area contributed by atoms with Crippen LogP contribution in [0.5, 0.6) is 0 Å². The SMILES string of the molecule is Cc1ccccc1C1CC1C(=O)N1C[C@H]2COCC[C@@]2(C(=O)O)C1. The van der Waals surface area contributed by atoms with Crippen molar-refractivity contribution in [3.63, 3.8) is 0 Å². The van der Waals surface area contributed by atoms with Crippen molar-refractivity contribution >= 4 is 11.9 Å². The van der Waals surface area contributed by atoms with Crippen LogP contribution >= 0.6 is 0 Å². The van der Waals surface area contributed by atoms with Gasteiger partial charge in [0.15, 0.2) is 0 Å². The van der Waals surface area contributed by atoms with Crippen LogP contribution in [0, 0.1) is 24.2 Å². The average molecular weight is 329 g/mol. The van der Waals surface area contributed by atoms with Gasteiger partial charge in [0.05, 0.1) is 12.0 Å². The molecule has 1 saturated carbocycles. The van der Waals surface area contributed by atoms with Crippen molar-refractivity contribution in [3.8, 4) is 0 Å². The standard InChI is InChI=1S/C19H23NO4/c1-12-4-2-3-5-14(12)15-8-16(15)17(21)20-9-13-10-24-7-6-19(13,11-20)18(22)23/h2-5,13,15-16H,6-11H2,1H3,(H,22,23)/t13-,15?,16?,19+/m0/s1. The van der Waals surface area contributed by atoms with E-state index in [0.717, 1.165) is 6.42 Å². The minimum Gasteiger partial charge on any atom is -0.481 e. The summed E-state index contributed by atoms with van der Waals surface area (Å²) in [6.45, 7) is 3.85. The molecule has 0 radical (unpaired) electrons. The molecule has 3 aliphatic rings. The molecule has 128 valence electrons. The van der Waals surface area contributed by atoms with Crippen LogP contribution < -0.4 is 0 Å². The van der Waals surface area contributed by atoms with E-state index in [4.69, 9.17) is 4.74 Å². The summed E-state index contributed by atoms with van der Waals surface area (Å²) in [5.41, 5.74) is 1.67. The zero-order chi connectivity index (χ0) is 16.9. The Labute approximate surface area is 141 Å². The molecular formula is C19H23NO4. The first-order valence-corrected chi connectivity index (χ1v) is 8.68. The lowest BCUT2D eigenvalue weighted by atomic mass is 9.74. The summed E-state index contributed by atoms with van der Waals surface area (Å²) in [6, 6.07) is 8.21. The number of amides is 1. The predicted octanol–water partition coefficient (Wildman–Crippen LogP) is 2.05. The van der Waals surface area contributed by atoms with Crippen molar-refractivity contribution < 1.29 is 19.4 Å². The molecule has 5 heteroatoms. The van der Waals surface area contributed by atoms with Gasteiger partial charge in [-0.1, -0.05) is 24.3 Å². The fourth-order valence-electron chi connectivity index (χ4n) is 4.52. The van der Waals surface area contributed by atoms with Gasteiger partial charge in [-0.25, -0.2) is 0 Å². The van der Waals surface area contributed by atoms with Gasteiger partial charge in [0.2, 0.25) is 5.91 Å². The van der Waals surface area contributed by atoms with Gasteiger partial charge in [-0.2, -0.15) is 0 Å². The van der Waals surface area contributed by atoms with Crippen molar-refractivity contribution in [1.82, 2.24) is 4.90 Å². The van der Waals surface area contributed by atoms with Crippen LogP contribution in [0.2, 0.25) is 0 Å². The molecule has 2 saturated heterocycles. The van der Waals surface area contributed by atoms with Crippen LogP contribution in [0.1, 0.15) is 29.9 Å². The molecule has 0 spiro atoms. The number of nitrogens with zero attached hydrogens (tertiary/aromatic N) is 1. The minimum atomic E-state index is -0.805. The fraction of sp³-hybridized carbons (Fsp3) is 0.579. The number of fused-ring (bicyclic) bond motifs is 1. The van der Waals surface area contributed by atoms with Crippen LogP contribution in [-0.4, -0.2) is 48.2 Å². The summed E-state index contributed by atoms with van der Waals surface area (Å²) in [5.74, 6) is -0.435. The minimum absolute atomic E-state index is 0.0121. The Bertz CT molecular complexity index is 688. The first-order valence-electron chi connectivity index (χ1n) is 8.68. The van der Waals surface area contributed by atoms with Gasteiger partial charge in [-0.3, -0.25) is 9.59 Å². The number of benzene rings is 1. The summed E-state index contributed by atoms with van der Waals surface area (Å²) in [7, 11) is 0. The molecule has 1 aromatic rings. The number of carbonyl (C=O) groups is 2. The molecule has 2 aliphatic heterocycles. The van der Waals surface area contributed by atoms with E-state index in [-0.39, 0.29) is 17.7 Å². The van der Waals surface area contributed by atoms with Gasteiger partial charge in [0.1, 0.15) is 0 Å². The first kappa shape index (κ1) is 15.6. The molecule has 5 nitrogen and oxygen atoms in total. The highest BCUT2D eigenvalue weighted by Gasteiger charge is 2.57. The monoisotopic (exact) mass is 329 g/mol. The number of hydrogen-bond donors (Lipinski definition) is 1. The quantitative estimate of drug-likeness (QED) is 0.922. The Kier molecular flexibility index (Phi) is 3.64. The second-order valence-electron chi connectivity index (χ2n) is 7.51. The summed E-state index contributed by atoms with van der Waals surface area (Å²) in [4.78, 5) is 26.5. The molecule has 1 amide bonds. The van der Waals surface area contributed by atoms with Gasteiger partial charge in [0, 0.05) is 31.5 Å². The normalized spacial score (nSPS) is 34.7. The number of carboxylic acids is 1. The lowest BCUT2D eigenvalue weighted by Gasteiger charge is -2.33. The maximum atomic E-state index is 12.9. The van der Waals surface area contributed by atoms with E-state index in [1.807, 2.05) is 12.1 Å². The molecule has 1 aliphatic carbocycles. The molecule has 4 rings (SSSR count). The molecule has 1 N–H and O–H groups in total. The third kappa shape index (κ3) is 2.34. The van der Waals surface area contributed by atoms with E-state index in [2.05, 4.69) is 19.1 Å². The first-order chi connectivity index (χ1) is 11.5. The summed E-state index contributed by atoms with van der Waals surface area (Å²) in [5, 5.41) is 9.73. The zero-order valence-corrected chi connectivity index (χ0v) is 13.9. The van der Waals surface area contributed by atoms with E-state index < -0.39 is 11.4 Å².